The van der Waals surface area contributed by atoms with Crippen LogP contribution in [-0.4, -0.2) is 27.1 Å². The summed E-state index contributed by atoms with van der Waals surface area (Å²) in [5, 5.41) is 3.64. The van der Waals surface area contributed by atoms with E-state index in [1.165, 1.54) is 0 Å². The van der Waals surface area contributed by atoms with E-state index in [-0.39, 0.29) is 23.7 Å². The summed E-state index contributed by atoms with van der Waals surface area (Å²) in [5.41, 5.74) is 2.18. The fourth-order valence-electron chi connectivity index (χ4n) is 4.81. The summed E-state index contributed by atoms with van der Waals surface area (Å²) in [7, 11) is 0. The standard InChI is InChI=1S/C28H28N4O3/c1-3-35-25-16-10-9-15-23(25)30-28(34)32(19(2)20-11-5-4-6-12-20)24-17-18-31-26(24)29-22-14-8-7-13-21(22)27(31)33/h4-16,19,24H,3,17-18H2,1-2H3,(H,30,34)/t19-,24-/m1/s1. The number of nitrogens with one attached hydrogen (secondary N) is 1. The molecule has 35 heavy (non-hydrogen) atoms. The Morgan fingerprint density at radius 2 is 1.80 bits per heavy atom. The molecule has 2 atom stereocenters. The van der Waals surface area contributed by atoms with Gasteiger partial charge in [-0.2, -0.15) is 0 Å². The van der Waals surface area contributed by atoms with Crippen LogP contribution in [0.1, 0.15) is 43.7 Å². The molecule has 5 rings (SSSR count). The van der Waals surface area contributed by atoms with Crippen molar-refractivity contribution in [2.45, 2.75) is 38.9 Å². The quantitative estimate of drug-likeness (QED) is 0.403. The largest absolute Gasteiger partial charge is 0.492 e. The number of para-hydroxylation sites is 3. The molecule has 178 valence electrons. The van der Waals surface area contributed by atoms with Crippen molar-refractivity contribution < 1.29 is 9.53 Å². The van der Waals surface area contributed by atoms with Gasteiger partial charge in [0, 0.05) is 6.54 Å². The number of benzene rings is 3. The molecule has 0 spiro atoms. The number of amides is 2. The first-order valence-corrected chi connectivity index (χ1v) is 11.9. The van der Waals surface area contributed by atoms with Gasteiger partial charge in [-0.05, 0) is 50.1 Å². The third-order valence-corrected chi connectivity index (χ3v) is 6.51. The lowest BCUT2D eigenvalue weighted by atomic mass is 10.0. The van der Waals surface area contributed by atoms with Crippen LogP contribution in [0.2, 0.25) is 0 Å². The van der Waals surface area contributed by atoms with Gasteiger partial charge in [-0.1, -0.05) is 54.6 Å². The number of rotatable bonds is 6. The van der Waals surface area contributed by atoms with Crippen LogP contribution >= 0.6 is 0 Å². The van der Waals surface area contributed by atoms with Crippen molar-refractivity contribution in [2.75, 3.05) is 11.9 Å². The Kier molecular flexibility index (Phi) is 6.23. The second-order valence-electron chi connectivity index (χ2n) is 8.60. The summed E-state index contributed by atoms with van der Waals surface area (Å²) >= 11 is 0. The Morgan fingerprint density at radius 3 is 2.60 bits per heavy atom. The molecule has 0 unspecified atom stereocenters. The summed E-state index contributed by atoms with van der Waals surface area (Å²) in [6, 6.07) is 23.8. The van der Waals surface area contributed by atoms with Gasteiger partial charge in [0.05, 0.1) is 35.3 Å². The molecule has 7 nitrogen and oxygen atoms in total. The average Bonchev–Trinajstić information content (AvgIpc) is 3.30. The molecule has 2 amide bonds. The summed E-state index contributed by atoms with van der Waals surface area (Å²) in [6.07, 6.45) is 0.607. The van der Waals surface area contributed by atoms with Crippen molar-refractivity contribution >= 4 is 22.6 Å². The highest BCUT2D eigenvalue weighted by Crippen LogP contribution is 2.37. The normalized spacial score (nSPS) is 15.4. The number of carbonyl (C=O) groups is 1. The van der Waals surface area contributed by atoms with E-state index in [4.69, 9.17) is 9.72 Å². The van der Waals surface area contributed by atoms with Gasteiger partial charge in [-0.3, -0.25) is 9.36 Å². The van der Waals surface area contributed by atoms with E-state index in [1.807, 2.05) is 86.6 Å². The molecule has 1 aliphatic rings. The van der Waals surface area contributed by atoms with E-state index in [0.717, 1.165) is 5.56 Å². The number of urea groups is 1. The van der Waals surface area contributed by atoms with Crippen molar-refractivity contribution in [3.05, 3.63) is 101 Å². The Balaban J connectivity index is 1.57. The van der Waals surface area contributed by atoms with Crippen LogP contribution in [0.15, 0.2) is 83.7 Å². The van der Waals surface area contributed by atoms with Crippen LogP contribution in [0, 0.1) is 0 Å². The predicted molar refractivity (Wildman–Crippen MR) is 137 cm³/mol. The van der Waals surface area contributed by atoms with Gasteiger partial charge >= 0.3 is 6.03 Å². The zero-order chi connectivity index (χ0) is 24.4. The van der Waals surface area contributed by atoms with Crippen LogP contribution in [0.5, 0.6) is 5.75 Å². The van der Waals surface area contributed by atoms with Crippen LogP contribution in [0.3, 0.4) is 0 Å². The smallest absolute Gasteiger partial charge is 0.323 e. The molecule has 3 aromatic carbocycles. The van der Waals surface area contributed by atoms with E-state index in [0.29, 0.717) is 47.7 Å². The number of anilines is 1. The van der Waals surface area contributed by atoms with Crippen molar-refractivity contribution in [2.24, 2.45) is 0 Å². The number of ether oxygens (including phenoxy) is 1. The van der Waals surface area contributed by atoms with Gasteiger partial charge in [-0.15, -0.1) is 0 Å². The summed E-state index contributed by atoms with van der Waals surface area (Å²) in [4.78, 5) is 33.7. The van der Waals surface area contributed by atoms with Crippen LogP contribution in [0.4, 0.5) is 10.5 Å². The van der Waals surface area contributed by atoms with Gasteiger partial charge in [-0.25, -0.2) is 9.78 Å². The molecule has 1 aliphatic heterocycles. The molecule has 0 aliphatic carbocycles. The minimum atomic E-state index is -0.359. The van der Waals surface area contributed by atoms with Crippen molar-refractivity contribution in [3.63, 3.8) is 0 Å². The Hall–Kier alpha value is -4.13. The summed E-state index contributed by atoms with van der Waals surface area (Å²) in [5.74, 6) is 1.23. The first kappa shape index (κ1) is 22.7. The first-order valence-electron chi connectivity index (χ1n) is 11.9. The Bertz CT molecular complexity index is 1420. The average molecular weight is 469 g/mol. The topological polar surface area (TPSA) is 76.5 Å². The maximum atomic E-state index is 13.9. The summed E-state index contributed by atoms with van der Waals surface area (Å²) < 4.78 is 7.42. The molecular weight excluding hydrogens is 440 g/mol. The molecule has 1 aromatic heterocycles. The highest BCUT2D eigenvalue weighted by atomic mass is 16.5. The lowest BCUT2D eigenvalue weighted by molar-refractivity contribution is 0.159. The number of fused-ring (bicyclic) bond motifs is 2. The minimum absolute atomic E-state index is 0.0671. The van der Waals surface area contributed by atoms with Gasteiger partial charge in [0.15, 0.2) is 0 Å². The maximum Gasteiger partial charge on any atom is 0.323 e. The summed E-state index contributed by atoms with van der Waals surface area (Å²) in [6.45, 7) is 4.92. The van der Waals surface area contributed by atoms with E-state index in [1.54, 1.807) is 15.5 Å². The molecule has 0 bridgehead atoms. The lowest BCUT2D eigenvalue weighted by Crippen LogP contribution is -2.40. The molecule has 1 N–H and O–H groups in total. The van der Waals surface area contributed by atoms with Crippen molar-refractivity contribution in [1.29, 1.82) is 0 Å². The monoisotopic (exact) mass is 468 g/mol. The zero-order valence-electron chi connectivity index (χ0n) is 19.8. The van der Waals surface area contributed by atoms with Gasteiger partial charge in [0.25, 0.3) is 5.56 Å². The SMILES string of the molecule is CCOc1ccccc1NC(=O)N([C@H](C)c1ccccc1)[C@@H]1CCn2c1nc1ccccc1c2=O. The Labute approximate surface area is 204 Å². The van der Waals surface area contributed by atoms with Crippen LogP contribution in [0.25, 0.3) is 10.9 Å². The molecular formula is C28H28N4O3. The third-order valence-electron chi connectivity index (χ3n) is 6.51. The van der Waals surface area contributed by atoms with Crippen molar-refractivity contribution in [1.82, 2.24) is 14.5 Å². The number of carbonyl (C=O) groups excluding carboxylic acids is 1. The fourth-order valence-corrected chi connectivity index (χ4v) is 4.81. The number of hydrogen-bond acceptors (Lipinski definition) is 4. The van der Waals surface area contributed by atoms with Gasteiger partial charge < -0.3 is 15.0 Å². The molecule has 0 saturated carbocycles. The molecule has 4 aromatic rings. The Morgan fingerprint density at radius 1 is 1.09 bits per heavy atom. The van der Waals surface area contributed by atoms with E-state index >= 15 is 0 Å². The predicted octanol–water partition coefficient (Wildman–Crippen LogP) is 5.54. The molecule has 7 heteroatoms. The minimum Gasteiger partial charge on any atom is -0.492 e. The van der Waals surface area contributed by atoms with Crippen LogP contribution in [-0.2, 0) is 6.54 Å². The van der Waals surface area contributed by atoms with Crippen molar-refractivity contribution in [3.8, 4) is 5.75 Å². The van der Waals surface area contributed by atoms with Gasteiger partial charge in [0.2, 0.25) is 0 Å². The van der Waals surface area contributed by atoms with Gasteiger partial charge in [0.1, 0.15) is 11.6 Å². The number of hydrogen-bond donors (Lipinski definition) is 1. The maximum absolute atomic E-state index is 13.9. The fraction of sp³-hybridized carbons (Fsp3) is 0.250. The molecule has 0 radical (unpaired) electrons. The second kappa shape index (κ2) is 9.62. The zero-order valence-corrected chi connectivity index (χ0v) is 19.8. The van der Waals surface area contributed by atoms with E-state index in [9.17, 15) is 9.59 Å². The second-order valence-corrected chi connectivity index (χ2v) is 8.60. The first-order chi connectivity index (χ1) is 17.1. The van der Waals surface area contributed by atoms with E-state index < -0.39 is 0 Å². The van der Waals surface area contributed by atoms with E-state index in [2.05, 4.69) is 5.32 Å². The highest BCUT2D eigenvalue weighted by Gasteiger charge is 2.37. The molecule has 0 saturated heterocycles. The van der Waals surface area contributed by atoms with Crippen LogP contribution < -0.4 is 15.6 Å². The molecule has 2 heterocycles. The lowest BCUT2D eigenvalue weighted by Gasteiger charge is -2.34. The number of aromatic nitrogens is 2. The number of nitrogens with zero attached hydrogens (tertiary/aromatic N) is 3. The third kappa shape index (κ3) is 4.25. The highest BCUT2D eigenvalue weighted by molar-refractivity contribution is 5.91. The molecule has 0 fully saturated rings.